The zero-order valence-electron chi connectivity index (χ0n) is 11.3. The predicted molar refractivity (Wildman–Crippen MR) is 77.6 cm³/mol. The number of aromatic nitrogens is 1. The van der Waals surface area contributed by atoms with Crippen LogP contribution in [0.4, 0.5) is 0 Å². The number of nitrogens with zero attached hydrogens (tertiary/aromatic N) is 1. The number of nitrogens with two attached hydrogens (primary N) is 1. The lowest BCUT2D eigenvalue weighted by molar-refractivity contribution is 0.865. The van der Waals surface area contributed by atoms with Crippen LogP contribution in [-0.2, 0) is 7.05 Å². The van der Waals surface area contributed by atoms with Crippen LogP contribution < -0.4 is 11.3 Å². The third kappa shape index (κ3) is 2.29. The second-order valence-corrected chi connectivity index (χ2v) is 4.73. The molecule has 0 aliphatic heterocycles. The van der Waals surface area contributed by atoms with Crippen molar-refractivity contribution in [3.63, 3.8) is 0 Å². The highest BCUT2D eigenvalue weighted by atomic mass is 16.1. The Bertz CT molecular complexity index is 714. The smallest absolute Gasteiger partial charge is 0.261 e. The molecule has 4 heteroatoms. The third-order valence-electron chi connectivity index (χ3n) is 3.25. The summed E-state index contributed by atoms with van der Waals surface area (Å²) in [5, 5.41) is 7.38. The Morgan fingerprint density at radius 1 is 1.21 bits per heavy atom. The molecule has 0 atom stereocenters. The van der Waals surface area contributed by atoms with E-state index in [2.05, 4.69) is 6.07 Å². The first-order chi connectivity index (χ1) is 8.91. The lowest BCUT2D eigenvalue weighted by Crippen LogP contribution is -2.28. The van der Waals surface area contributed by atoms with Gasteiger partial charge in [0.1, 0.15) is 5.84 Å². The first kappa shape index (κ1) is 13.1. The zero-order valence-corrected chi connectivity index (χ0v) is 11.3. The number of rotatable bonds is 2. The number of aryl methyl sites for hydroxylation is 2. The van der Waals surface area contributed by atoms with E-state index in [0.29, 0.717) is 0 Å². The van der Waals surface area contributed by atoms with Gasteiger partial charge in [0, 0.05) is 12.6 Å². The molecule has 0 aliphatic carbocycles. The summed E-state index contributed by atoms with van der Waals surface area (Å²) in [7, 11) is 1.70. The molecule has 0 spiro atoms. The van der Waals surface area contributed by atoms with Crippen LogP contribution in [0.3, 0.4) is 0 Å². The van der Waals surface area contributed by atoms with Gasteiger partial charge in [0.2, 0.25) is 0 Å². The first-order valence-corrected chi connectivity index (χ1v) is 6.04. The van der Waals surface area contributed by atoms with Gasteiger partial charge >= 0.3 is 0 Å². The number of benzene rings is 1. The Balaban J connectivity index is 2.68. The van der Waals surface area contributed by atoms with Gasteiger partial charge in [0.25, 0.3) is 5.56 Å². The normalized spacial score (nSPS) is 10.5. The molecule has 0 unspecified atom stereocenters. The molecule has 0 fully saturated rings. The molecule has 0 aliphatic rings. The van der Waals surface area contributed by atoms with Crippen molar-refractivity contribution >= 4 is 5.84 Å². The second kappa shape index (κ2) is 4.72. The Hall–Kier alpha value is -2.36. The SMILES string of the molecule is Cc1ccc(-c2ccc(C(=N)N)c(=O)n2C)c(C)c1. The number of nitrogens with one attached hydrogen (secondary N) is 1. The molecule has 3 N–H and O–H groups in total. The molecule has 4 nitrogen and oxygen atoms in total. The van der Waals surface area contributed by atoms with E-state index in [1.54, 1.807) is 13.1 Å². The summed E-state index contributed by atoms with van der Waals surface area (Å²) in [6.07, 6.45) is 0. The maximum atomic E-state index is 12.1. The van der Waals surface area contributed by atoms with E-state index >= 15 is 0 Å². The highest BCUT2D eigenvalue weighted by Crippen LogP contribution is 2.22. The van der Waals surface area contributed by atoms with Crippen molar-refractivity contribution in [2.45, 2.75) is 13.8 Å². The molecule has 0 amide bonds. The Labute approximate surface area is 112 Å². The molecule has 1 aromatic carbocycles. The van der Waals surface area contributed by atoms with Crippen molar-refractivity contribution in [2.24, 2.45) is 12.8 Å². The fourth-order valence-corrected chi connectivity index (χ4v) is 2.21. The maximum Gasteiger partial charge on any atom is 0.261 e. The number of pyridine rings is 1. The second-order valence-electron chi connectivity index (χ2n) is 4.73. The molecule has 1 aromatic heterocycles. The summed E-state index contributed by atoms with van der Waals surface area (Å²) in [4.78, 5) is 12.1. The maximum absolute atomic E-state index is 12.1. The molecule has 2 rings (SSSR count). The van der Waals surface area contributed by atoms with Crippen molar-refractivity contribution in [1.82, 2.24) is 4.57 Å². The first-order valence-electron chi connectivity index (χ1n) is 6.04. The van der Waals surface area contributed by atoms with Crippen molar-refractivity contribution in [3.8, 4) is 11.3 Å². The van der Waals surface area contributed by atoms with Gasteiger partial charge < -0.3 is 10.3 Å². The molecule has 1 heterocycles. The highest BCUT2D eigenvalue weighted by Gasteiger charge is 2.10. The molecular formula is C15H17N3O. The van der Waals surface area contributed by atoms with Crippen LogP contribution in [0.25, 0.3) is 11.3 Å². The van der Waals surface area contributed by atoms with Crippen molar-refractivity contribution in [3.05, 3.63) is 57.4 Å². The van der Waals surface area contributed by atoms with E-state index in [-0.39, 0.29) is 17.0 Å². The molecular weight excluding hydrogens is 238 g/mol. The molecule has 98 valence electrons. The number of hydrogen-bond donors (Lipinski definition) is 2. The van der Waals surface area contributed by atoms with Gasteiger partial charge in [-0.1, -0.05) is 23.8 Å². The summed E-state index contributed by atoms with van der Waals surface area (Å²) < 4.78 is 1.54. The summed E-state index contributed by atoms with van der Waals surface area (Å²) >= 11 is 0. The van der Waals surface area contributed by atoms with Crippen LogP contribution in [0.2, 0.25) is 0 Å². The number of nitrogen functional groups attached to an aromatic ring is 1. The van der Waals surface area contributed by atoms with E-state index < -0.39 is 0 Å². The average Bonchev–Trinajstić information content (AvgIpc) is 2.33. The highest BCUT2D eigenvalue weighted by molar-refractivity contribution is 5.94. The van der Waals surface area contributed by atoms with Gasteiger partial charge in [-0.25, -0.2) is 0 Å². The van der Waals surface area contributed by atoms with E-state index in [1.807, 2.05) is 32.0 Å². The summed E-state index contributed by atoms with van der Waals surface area (Å²) in [6.45, 7) is 4.06. The van der Waals surface area contributed by atoms with Crippen molar-refractivity contribution < 1.29 is 0 Å². The number of amidine groups is 1. The lowest BCUT2D eigenvalue weighted by Gasteiger charge is -2.12. The van der Waals surface area contributed by atoms with E-state index in [4.69, 9.17) is 11.1 Å². The van der Waals surface area contributed by atoms with Gasteiger partial charge in [-0.2, -0.15) is 0 Å². The quantitative estimate of drug-likeness (QED) is 0.636. The fraction of sp³-hybridized carbons (Fsp3) is 0.200. The van der Waals surface area contributed by atoms with Gasteiger partial charge in [0.15, 0.2) is 0 Å². The molecule has 0 bridgehead atoms. The molecule has 19 heavy (non-hydrogen) atoms. The van der Waals surface area contributed by atoms with Gasteiger partial charge in [0.05, 0.1) is 11.3 Å². The summed E-state index contributed by atoms with van der Waals surface area (Å²) in [6, 6.07) is 9.55. The predicted octanol–water partition coefficient (Wildman–Crippen LogP) is 1.95. The van der Waals surface area contributed by atoms with E-state index in [1.165, 1.54) is 10.1 Å². The Morgan fingerprint density at radius 2 is 1.89 bits per heavy atom. The van der Waals surface area contributed by atoms with Gasteiger partial charge in [-0.15, -0.1) is 0 Å². The summed E-state index contributed by atoms with van der Waals surface area (Å²) in [5.74, 6) is -0.201. The minimum Gasteiger partial charge on any atom is -0.384 e. The molecule has 0 radical (unpaired) electrons. The van der Waals surface area contributed by atoms with Crippen LogP contribution in [0.5, 0.6) is 0 Å². The topological polar surface area (TPSA) is 71.9 Å². The molecule has 0 saturated heterocycles. The summed E-state index contributed by atoms with van der Waals surface area (Å²) in [5.41, 5.74) is 9.52. The average molecular weight is 255 g/mol. The minimum atomic E-state index is -0.245. The van der Waals surface area contributed by atoms with Crippen LogP contribution in [0.15, 0.2) is 35.1 Å². The van der Waals surface area contributed by atoms with Gasteiger partial charge in [-0.3, -0.25) is 10.2 Å². The largest absolute Gasteiger partial charge is 0.384 e. The van der Waals surface area contributed by atoms with Crippen LogP contribution in [-0.4, -0.2) is 10.4 Å². The van der Waals surface area contributed by atoms with Crippen molar-refractivity contribution in [1.29, 1.82) is 5.41 Å². The van der Waals surface area contributed by atoms with Gasteiger partial charge in [-0.05, 0) is 31.5 Å². The van der Waals surface area contributed by atoms with E-state index in [9.17, 15) is 4.79 Å². The van der Waals surface area contributed by atoms with Crippen molar-refractivity contribution in [2.75, 3.05) is 0 Å². The third-order valence-corrected chi connectivity index (χ3v) is 3.25. The molecule has 2 aromatic rings. The van der Waals surface area contributed by atoms with Crippen LogP contribution >= 0.6 is 0 Å². The van der Waals surface area contributed by atoms with E-state index in [0.717, 1.165) is 16.8 Å². The zero-order chi connectivity index (χ0) is 14.2. The Morgan fingerprint density at radius 3 is 2.47 bits per heavy atom. The number of hydrogen-bond acceptors (Lipinski definition) is 2. The lowest BCUT2D eigenvalue weighted by atomic mass is 10.0. The standard InChI is InChI=1S/C15H17N3O/c1-9-4-5-11(10(2)8-9)13-7-6-12(14(16)17)15(19)18(13)3/h4-8H,1-3H3,(H3,16,17). The van der Waals surface area contributed by atoms with Crippen LogP contribution in [0.1, 0.15) is 16.7 Å². The minimum absolute atomic E-state index is 0.201. The monoisotopic (exact) mass is 255 g/mol. The molecule has 0 saturated carbocycles. The fourth-order valence-electron chi connectivity index (χ4n) is 2.21. The van der Waals surface area contributed by atoms with Crippen LogP contribution in [0, 0.1) is 19.3 Å². The Kier molecular flexibility index (Phi) is 3.25.